The highest BCUT2D eigenvalue weighted by Crippen LogP contribution is 2.26. The number of halogens is 2. The van der Waals surface area contributed by atoms with E-state index < -0.39 is 5.97 Å². The fourth-order valence-corrected chi connectivity index (χ4v) is 3.34. The van der Waals surface area contributed by atoms with Crippen LogP contribution >= 0.6 is 24.0 Å². The predicted molar refractivity (Wildman–Crippen MR) is 112 cm³/mol. The second kappa shape index (κ2) is 11.1. The molecule has 1 N–H and O–H groups in total. The second-order valence-electron chi connectivity index (χ2n) is 6.67. The number of hydrogen-bond acceptors (Lipinski definition) is 4. The highest BCUT2D eigenvalue weighted by atomic mass is 35.5. The number of likely N-dealkylation sites (tertiary alicyclic amines) is 1. The normalized spacial score (nSPS) is 16.8. The van der Waals surface area contributed by atoms with E-state index in [1.54, 1.807) is 12.1 Å². The van der Waals surface area contributed by atoms with Crippen molar-refractivity contribution in [2.24, 2.45) is 0 Å². The molecule has 0 aromatic heterocycles. The van der Waals surface area contributed by atoms with Crippen LogP contribution in [-0.4, -0.2) is 41.7 Å². The average Bonchev–Trinajstić information content (AvgIpc) is 2.68. The van der Waals surface area contributed by atoms with Gasteiger partial charge in [-0.3, -0.25) is 9.69 Å². The number of benzene rings is 2. The highest BCUT2D eigenvalue weighted by Gasteiger charge is 2.23. The molecule has 0 amide bonds. The topological polar surface area (TPSA) is 59.0 Å². The maximum absolute atomic E-state index is 10.8. The van der Waals surface area contributed by atoms with E-state index in [9.17, 15) is 4.79 Å². The molecule has 7 heteroatoms. The number of ether oxygens (including phenoxy) is 2. The van der Waals surface area contributed by atoms with Crippen LogP contribution in [0.5, 0.6) is 17.2 Å². The van der Waals surface area contributed by atoms with Gasteiger partial charge < -0.3 is 14.6 Å². The lowest BCUT2D eigenvalue weighted by Crippen LogP contribution is -2.44. The van der Waals surface area contributed by atoms with Gasteiger partial charge in [0.05, 0.1) is 6.42 Å². The van der Waals surface area contributed by atoms with Crippen molar-refractivity contribution >= 4 is 30.0 Å². The van der Waals surface area contributed by atoms with E-state index in [1.165, 1.54) is 0 Å². The molecule has 2 aromatic carbocycles. The molecule has 0 spiro atoms. The minimum Gasteiger partial charge on any atom is -0.492 e. The van der Waals surface area contributed by atoms with Gasteiger partial charge in [-0.2, -0.15) is 0 Å². The van der Waals surface area contributed by atoms with Crippen LogP contribution in [0.3, 0.4) is 0 Å². The summed E-state index contributed by atoms with van der Waals surface area (Å²) in [5.74, 6) is 1.48. The Labute approximate surface area is 176 Å². The number of carbonyl (C=O) groups is 1. The zero-order chi connectivity index (χ0) is 19.1. The Balaban J connectivity index is 0.00000280. The SMILES string of the molecule is Cl.O=C(O)CCN1CCCCC1COc1ccc(Oc2ccc(Cl)cc2)cc1. The molecular formula is C21H25Cl2NO4. The van der Waals surface area contributed by atoms with Crippen LogP contribution in [0.2, 0.25) is 5.02 Å². The molecule has 1 unspecified atom stereocenters. The molecule has 152 valence electrons. The number of aliphatic carboxylic acids is 1. The Morgan fingerprint density at radius 1 is 1.04 bits per heavy atom. The number of carboxylic acid groups (broad SMARTS) is 1. The summed E-state index contributed by atoms with van der Waals surface area (Å²) in [7, 11) is 0. The minimum absolute atomic E-state index is 0. The Kier molecular flexibility index (Phi) is 8.90. The average molecular weight is 426 g/mol. The molecule has 1 aliphatic heterocycles. The quantitative estimate of drug-likeness (QED) is 0.624. The van der Waals surface area contributed by atoms with E-state index in [-0.39, 0.29) is 24.9 Å². The highest BCUT2D eigenvalue weighted by molar-refractivity contribution is 6.30. The first-order valence-corrected chi connectivity index (χ1v) is 9.60. The number of hydrogen-bond donors (Lipinski definition) is 1. The van der Waals surface area contributed by atoms with Gasteiger partial charge in [0.25, 0.3) is 0 Å². The molecule has 0 aliphatic carbocycles. The first-order valence-electron chi connectivity index (χ1n) is 9.22. The van der Waals surface area contributed by atoms with E-state index >= 15 is 0 Å². The standard InChI is InChI=1S/C21H24ClNO4.ClH/c22-16-4-6-19(7-5-16)27-20-10-8-18(9-11-20)26-15-17-3-1-2-13-23(17)14-12-21(24)25;/h4-11,17H,1-3,12-15H2,(H,24,25);1H. The van der Waals surface area contributed by atoms with Crippen molar-refractivity contribution in [1.29, 1.82) is 0 Å². The van der Waals surface area contributed by atoms with Crippen molar-refractivity contribution in [3.8, 4) is 17.2 Å². The van der Waals surface area contributed by atoms with Crippen molar-refractivity contribution in [1.82, 2.24) is 4.90 Å². The summed E-state index contributed by atoms with van der Waals surface area (Å²) in [4.78, 5) is 13.1. The molecule has 5 nitrogen and oxygen atoms in total. The number of carboxylic acids is 1. The number of rotatable bonds is 8. The lowest BCUT2D eigenvalue weighted by atomic mass is 10.0. The van der Waals surface area contributed by atoms with Gasteiger partial charge in [-0.05, 0) is 67.9 Å². The van der Waals surface area contributed by atoms with Crippen molar-refractivity contribution in [3.05, 3.63) is 53.6 Å². The monoisotopic (exact) mass is 425 g/mol. The number of piperidine rings is 1. The van der Waals surface area contributed by atoms with Crippen LogP contribution in [0.15, 0.2) is 48.5 Å². The molecule has 1 heterocycles. The maximum atomic E-state index is 10.8. The van der Waals surface area contributed by atoms with Gasteiger partial charge in [-0.1, -0.05) is 18.0 Å². The summed E-state index contributed by atoms with van der Waals surface area (Å²) < 4.78 is 11.7. The zero-order valence-corrected chi connectivity index (χ0v) is 17.1. The van der Waals surface area contributed by atoms with Crippen LogP contribution in [0.4, 0.5) is 0 Å². The van der Waals surface area contributed by atoms with Crippen molar-refractivity contribution < 1.29 is 19.4 Å². The van der Waals surface area contributed by atoms with Crippen molar-refractivity contribution in [2.45, 2.75) is 31.7 Å². The zero-order valence-electron chi connectivity index (χ0n) is 15.6. The fourth-order valence-electron chi connectivity index (χ4n) is 3.22. The van der Waals surface area contributed by atoms with E-state index in [1.807, 2.05) is 36.4 Å². The molecular weight excluding hydrogens is 401 g/mol. The third kappa shape index (κ3) is 6.89. The van der Waals surface area contributed by atoms with Crippen LogP contribution in [0.1, 0.15) is 25.7 Å². The molecule has 28 heavy (non-hydrogen) atoms. The molecule has 0 bridgehead atoms. The first kappa shape index (κ1) is 22.3. The molecule has 3 rings (SSSR count). The summed E-state index contributed by atoms with van der Waals surface area (Å²) in [6, 6.07) is 15.0. The third-order valence-electron chi connectivity index (χ3n) is 4.68. The minimum atomic E-state index is -0.753. The third-order valence-corrected chi connectivity index (χ3v) is 4.93. The van der Waals surface area contributed by atoms with Gasteiger partial charge >= 0.3 is 5.97 Å². The van der Waals surface area contributed by atoms with E-state index in [0.717, 1.165) is 43.1 Å². The lowest BCUT2D eigenvalue weighted by molar-refractivity contribution is -0.137. The molecule has 1 saturated heterocycles. The van der Waals surface area contributed by atoms with E-state index in [0.29, 0.717) is 18.2 Å². The van der Waals surface area contributed by atoms with Gasteiger partial charge in [-0.25, -0.2) is 0 Å². The lowest BCUT2D eigenvalue weighted by Gasteiger charge is -2.35. The van der Waals surface area contributed by atoms with E-state index in [4.69, 9.17) is 26.2 Å². The van der Waals surface area contributed by atoms with Crippen LogP contribution < -0.4 is 9.47 Å². The van der Waals surface area contributed by atoms with Gasteiger partial charge in [0.15, 0.2) is 0 Å². The predicted octanol–water partition coefficient (Wildman–Crippen LogP) is 5.26. The Morgan fingerprint density at radius 3 is 2.29 bits per heavy atom. The largest absolute Gasteiger partial charge is 0.492 e. The second-order valence-corrected chi connectivity index (χ2v) is 7.10. The van der Waals surface area contributed by atoms with Gasteiger partial charge in [0.1, 0.15) is 23.9 Å². The molecule has 1 fully saturated rings. The van der Waals surface area contributed by atoms with Crippen LogP contribution in [-0.2, 0) is 4.79 Å². The Hall–Kier alpha value is -1.95. The van der Waals surface area contributed by atoms with Gasteiger partial charge in [-0.15, -0.1) is 12.4 Å². The summed E-state index contributed by atoms with van der Waals surface area (Å²) >= 11 is 5.88. The molecule has 1 atom stereocenters. The molecule has 0 radical (unpaired) electrons. The van der Waals surface area contributed by atoms with Crippen LogP contribution in [0.25, 0.3) is 0 Å². The van der Waals surface area contributed by atoms with Crippen molar-refractivity contribution in [2.75, 3.05) is 19.7 Å². The summed E-state index contributed by atoms with van der Waals surface area (Å²) in [6.07, 6.45) is 3.49. The molecule has 1 aliphatic rings. The van der Waals surface area contributed by atoms with Crippen LogP contribution in [0, 0.1) is 0 Å². The maximum Gasteiger partial charge on any atom is 0.304 e. The first-order chi connectivity index (χ1) is 13.1. The summed E-state index contributed by atoms with van der Waals surface area (Å²) in [5, 5.41) is 9.58. The van der Waals surface area contributed by atoms with E-state index in [2.05, 4.69) is 4.90 Å². The smallest absolute Gasteiger partial charge is 0.304 e. The van der Waals surface area contributed by atoms with Gasteiger partial charge in [0, 0.05) is 17.6 Å². The Morgan fingerprint density at radius 2 is 1.64 bits per heavy atom. The van der Waals surface area contributed by atoms with Gasteiger partial charge in [0.2, 0.25) is 0 Å². The number of nitrogens with zero attached hydrogens (tertiary/aromatic N) is 1. The summed E-state index contributed by atoms with van der Waals surface area (Å²) in [6.45, 7) is 2.09. The van der Waals surface area contributed by atoms with Crippen molar-refractivity contribution in [3.63, 3.8) is 0 Å². The molecule has 2 aromatic rings. The Bertz CT molecular complexity index is 737. The molecule has 0 saturated carbocycles. The summed E-state index contributed by atoms with van der Waals surface area (Å²) in [5.41, 5.74) is 0. The fraction of sp³-hybridized carbons (Fsp3) is 0.381.